The smallest absolute Gasteiger partial charge is 0.224 e. The van der Waals surface area contributed by atoms with Crippen LogP contribution in [-0.2, 0) is 0 Å². The molecule has 1 aromatic carbocycles. The van der Waals surface area contributed by atoms with Gasteiger partial charge in [0.25, 0.3) is 0 Å². The van der Waals surface area contributed by atoms with E-state index in [0.29, 0.717) is 0 Å². The minimum atomic E-state index is 0.233. The average Bonchev–Trinajstić information content (AvgIpc) is 2.36. The van der Waals surface area contributed by atoms with Crippen LogP contribution in [0.2, 0.25) is 5.28 Å². The van der Waals surface area contributed by atoms with E-state index in [0.717, 1.165) is 17.9 Å². The molecule has 0 fully saturated rings. The van der Waals surface area contributed by atoms with E-state index in [-0.39, 0.29) is 11.3 Å². The van der Waals surface area contributed by atoms with Gasteiger partial charge in [0.1, 0.15) is 5.82 Å². The molecule has 0 saturated carbocycles. The third kappa shape index (κ3) is 3.20. The van der Waals surface area contributed by atoms with Gasteiger partial charge < -0.3 is 5.32 Å². The molecule has 1 heterocycles. The van der Waals surface area contributed by atoms with Crippen molar-refractivity contribution >= 4 is 17.4 Å². The Hall–Kier alpha value is -1.61. The van der Waals surface area contributed by atoms with Crippen molar-refractivity contribution in [3.8, 4) is 0 Å². The van der Waals surface area contributed by atoms with E-state index in [1.54, 1.807) is 0 Å². The molecule has 0 saturated heterocycles. The van der Waals surface area contributed by atoms with Crippen molar-refractivity contribution in [3.05, 3.63) is 52.9 Å². The van der Waals surface area contributed by atoms with Gasteiger partial charge in [0.2, 0.25) is 5.28 Å². The van der Waals surface area contributed by atoms with Crippen molar-refractivity contribution in [2.75, 3.05) is 5.32 Å². The number of hydrogen-bond acceptors (Lipinski definition) is 3. The van der Waals surface area contributed by atoms with Crippen molar-refractivity contribution < 1.29 is 0 Å². The molecular weight excluding hydrogens is 246 g/mol. The first-order chi connectivity index (χ1) is 8.69. The second-order valence-electron chi connectivity index (χ2n) is 4.18. The van der Waals surface area contributed by atoms with Crippen LogP contribution < -0.4 is 5.32 Å². The van der Waals surface area contributed by atoms with Gasteiger partial charge >= 0.3 is 0 Å². The van der Waals surface area contributed by atoms with Gasteiger partial charge in [0.15, 0.2) is 0 Å². The monoisotopic (exact) mass is 261 g/mol. The number of nitrogens with one attached hydrogen (secondary N) is 1. The summed E-state index contributed by atoms with van der Waals surface area (Å²) >= 11 is 5.86. The summed E-state index contributed by atoms with van der Waals surface area (Å²) in [5.74, 6) is 0.767. The van der Waals surface area contributed by atoms with Crippen molar-refractivity contribution in [3.63, 3.8) is 0 Å². The quantitative estimate of drug-likeness (QED) is 0.846. The number of aromatic nitrogens is 2. The van der Waals surface area contributed by atoms with E-state index in [2.05, 4.69) is 34.3 Å². The maximum absolute atomic E-state index is 5.86. The Kier molecular flexibility index (Phi) is 4.15. The molecular formula is C14H16ClN3. The van der Waals surface area contributed by atoms with Gasteiger partial charge in [-0.3, -0.25) is 0 Å². The molecule has 1 N–H and O–H groups in total. The molecule has 1 atom stereocenters. The lowest BCUT2D eigenvalue weighted by Crippen LogP contribution is -2.11. The van der Waals surface area contributed by atoms with Gasteiger partial charge in [0, 0.05) is 11.8 Å². The van der Waals surface area contributed by atoms with E-state index < -0.39 is 0 Å². The maximum atomic E-state index is 5.86. The highest BCUT2D eigenvalue weighted by Gasteiger charge is 2.10. The Labute approximate surface area is 112 Å². The van der Waals surface area contributed by atoms with Crippen LogP contribution in [0.25, 0.3) is 0 Å². The van der Waals surface area contributed by atoms with Gasteiger partial charge in [-0.15, -0.1) is 0 Å². The number of rotatable bonds is 4. The Morgan fingerprint density at radius 3 is 2.56 bits per heavy atom. The van der Waals surface area contributed by atoms with E-state index in [1.807, 2.05) is 31.2 Å². The molecule has 94 valence electrons. The predicted molar refractivity (Wildman–Crippen MR) is 74.9 cm³/mol. The van der Waals surface area contributed by atoms with Crippen molar-refractivity contribution in [2.45, 2.75) is 26.3 Å². The van der Waals surface area contributed by atoms with Crippen LogP contribution in [0.1, 0.15) is 30.6 Å². The molecule has 1 aromatic heterocycles. The average molecular weight is 262 g/mol. The van der Waals surface area contributed by atoms with E-state index in [4.69, 9.17) is 11.6 Å². The van der Waals surface area contributed by atoms with Crippen LogP contribution >= 0.6 is 11.6 Å². The number of hydrogen-bond donors (Lipinski definition) is 1. The van der Waals surface area contributed by atoms with Crippen LogP contribution in [0.15, 0.2) is 36.4 Å². The molecule has 3 nitrogen and oxygen atoms in total. The number of aryl methyl sites for hydroxylation is 1. The van der Waals surface area contributed by atoms with Crippen molar-refractivity contribution in [1.29, 1.82) is 0 Å². The molecule has 0 aliphatic rings. The van der Waals surface area contributed by atoms with Crippen molar-refractivity contribution in [2.24, 2.45) is 0 Å². The third-order valence-corrected chi connectivity index (χ3v) is 2.93. The number of anilines is 1. The zero-order valence-corrected chi connectivity index (χ0v) is 11.3. The summed E-state index contributed by atoms with van der Waals surface area (Å²) in [7, 11) is 0. The SMILES string of the molecule is CCC(Nc1cc(C)nc(Cl)n1)c1ccccc1. The molecule has 4 heteroatoms. The van der Waals surface area contributed by atoms with Crippen LogP contribution in [0.5, 0.6) is 0 Å². The Bertz CT molecular complexity index is 493. The van der Waals surface area contributed by atoms with Gasteiger partial charge in [-0.2, -0.15) is 0 Å². The summed E-state index contributed by atoms with van der Waals surface area (Å²) in [5, 5.41) is 3.67. The highest BCUT2D eigenvalue weighted by atomic mass is 35.5. The molecule has 0 radical (unpaired) electrons. The molecule has 0 aliphatic carbocycles. The van der Waals surface area contributed by atoms with Crippen molar-refractivity contribution in [1.82, 2.24) is 9.97 Å². The van der Waals surface area contributed by atoms with Gasteiger partial charge in [-0.1, -0.05) is 37.3 Å². The Balaban J connectivity index is 2.20. The summed E-state index contributed by atoms with van der Waals surface area (Å²) < 4.78 is 0. The van der Waals surface area contributed by atoms with Crippen LogP contribution in [0.3, 0.4) is 0 Å². The Morgan fingerprint density at radius 2 is 1.94 bits per heavy atom. The third-order valence-electron chi connectivity index (χ3n) is 2.76. The minimum Gasteiger partial charge on any atom is -0.363 e. The standard InChI is InChI=1S/C14H16ClN3/c1-3-12(11-7-5-4-6-8-11)17-13-9-10(2)16-14(15)18-13/h4-9,12H,3H2,1-2H3,(H,16,17,18). The van der Waals surface area contributed by atoms with E-state index in [1.165, 1.54) is 5.56 Å². The topological polar surface area (TPSA) is 37.8 Å². The van der Waals surface area contributed by atoms with Crippen LogP contribution in [0.4, 0.5) is 5.82 Å². The summed E-state index contributed by atoms with van der Waals surface area (Å²) in [6, 6.07) is 12.4. The molecule has 0 amide bonds. The second kappa shape index (κ2) is 5.83. The largest absolute Gasteiger partial charge is 0.363 e. The summed E-state index contributed by atoms with van der Waals surface area (Å²) in [4.78, 5) is 8.24. The first-order valence-corrected chi connectivity index (χ1v) is 6.39. The highest BCUT2D eigenvalue weighted by molar-refractivity contribution is 6.28. The fraction of sp³-hybridized carbons (Fsp3) is 0.286. The lowest BCUT2D eigenvalue weighted by atomic mass is 10.0. The lowest BCUT2D eigenvalue weighted by Gasteiger charge is -2.18. The first kappa shape index (κ1) is 12.8. The normalized spacial score (nSPS) is 12.2. The summed E-state index contributed by atoms with van der Waals surface area (Å²) in [6.07, 6.45) is 0.977. The van der Waals surface area contributed by atoms with Gasteiger partial charge in [-0.05, 0) is 30.5 Å². The molecule has 0 bridgehead atoms. The van der Waals surface area contributed by atoms with E-state index >= 15 is 0 Å². The zero-order valence-electron chi connectivity index (χ0n) is 10.5. The molecule has 2 rings (SSSR count). The highest BCUT2D eigenvalue weighted by Crippen LogP contribution is 2.22. The Morgan fingerprint density at radius 1 is 1.22 bits per heavy atom. The van der Waals surface area contributed by atoms with Gasteiger partial charge in [-0.25, -0.2) is 9.97 Å². The van der Waals surface area contributed by atoms with Crippen LogP contribution in [-0.4, -0.2) is 9.97 Å². The molecule has 0 aliphatic heterocycles. The first-order valence-electron chi connectivity index (χ1n) is 6.01. The number of halogens is 1. The zero-order chi connectivity index (χ0) is 13.0. The summed E-state index contributed by atoms with van der Waals surface area (Å²) in [6.45, 7) is 4.04. The predicted octanol–water partition coefficient (Wildman–Crippen LogP) is 4.00. The minimum absolute atomic E-state index is 0.233. The molecule has 1 unspecified atom stereocenters. The molecule has 0 spiro atoms. The molecule has 2 aromatic rings. The van der Waals surface area contributed by atoms with E-state index in [9.17, 15) is 0 Å². The second-order valence-corrected chi connectivity index (χ2v) is 4.52. The number of nitrogens with zero attached hydrogens (tertiary/aromatic N) is 2. The lowest BCUT2D eigenvalue weighted by molar-refractivity contribution is 0.743. The van der Waals surface area contributed by atoms with Crippen LogP contribution in [0, 0.1) is 6.92 Å². The maximum Gasteiger partial charge on any atom is 0.224 e. The fourth-order valence-electron chi connectivity index (χ4n) is 1.89. The van der Waals surface area contributed by atoms with Gasteiger partial charge in [0.05, 0.1) is 6.04 Å². The molecule has 18 heavy (non-hydrogen) atoms. The summed E-state index contributed by atoms with van der Waals surface area (Å²) in [5.41, 5.74) is 2.10. The fourth-order valence-corrected chi connectivity index (χ4v) is 2.12. The number of benzene rings is 1.